The highest BCUT2D eigenvalue weighted by Crippen LogP contribution is 2.26. The van der Waals surface area contributed by atoms with Gasteiger partial charge in [-0.15, -0.1) is 24.8 Å². The van der Waals surface area contributed by atoms with Gasteiger partial charge in [-0.2, -0.15) is 0 Å². The number of hydrogen-bond acceptors (Lipinski definition) is 2. The lowest BCUT2D eigenvalue weighted by Gasteiger charge is -2.14. The Kier molecular flexibility index (Phi) is 6.63. The molecule has 1 aromatic heterocycles. The molecule has 5 rings (SSSR count). The quantitative estimate of drug-likeness (QED) is 0.444. The fourth-order valence-electron chi connectivity index (χ4n) is 4.14. The summed E-state index contributed by atoms with van der Waals surface area (Å²) in [4.78, 5) is 7.52. The van der Waals surface area contributed by atoms with Gasteiger partial charge in [-0.3, -0.25) is 0 Å². The van der Waals surface area contributed by atoms with E-state index in [1.807, 2.05) is 0 Å². The zero-order valence-corrected chi connectivity index (χ0v) is 17.9. The molecule has 0 amide bonds. The molecule has 3 nitrogen and oxygen atoms in total. The Hall–Kier alpha value is -2.33. The molecule has 0 atom stereocenters. The number of rotatable bonds is 4. The van der Waals surface area contributed by atoms with Crippen molar-refractivity contribution in [1.29, 1.82) is 0 Å². The van der Waals surface area contributed by atoms with Crippen LogP contribution in [-0.2, 0) is 19.4 Å². The minimum atomic E-state index is 0. The van der Waals surface area contributed by atoms with Gasteiger partial charge in [-0.1, -0.05) is 48.5 Å². The molecule has 0 saturated carbocycles. The van der Waals surface area contributed by atoms with E-state index >= 15 is 0 Å². The number of hydrogen-bond donors (Lipinski definition) is 2. The minimum Gasteiger partial charge on any atom is -0.345 e. The van der Waals surface area contributed by atoms with Crippen molar-refractivity contribution in [2.45, 2.75) is 32.4 Å². The smallest absolute Gasteiger partial charge is 0.0931 e. The molecular formula is C24H25Cl2N3. The zero-order valence-electron chi connectivity index (χ0n) is 16.3. The Balaban J connectivity index is 0.00000120. The van der Waals surface area contributed by atoms with Crippen LogP contribution in [0.15, 0.2) is 67.0 Å². The van der Waals surface area contributed by atoms with Crippen molar-refractivity contribution in [2.75, 3.05) is 0 Å². The second-order valence-electron chi connectivity index (χ2n) is 7.53. The molecule has 0 radical (unpaired) electrons. The Labute approximate surface area is 183 Å². The average Bonchev–Trinajstić information content (AvgIpc) is 3.32. The third-order valence-corrected chi connectivity index (χ3v) is 5.73. The molecule has 0 fully saturated rings. The highest BCUT2D eigenvalue weighted by atomic mass is 35.5. The number of aromatic nitrogens is 2. The van der Waals surface area contributed by atoms with Crippen LogP contribution in [-0.4, -0.2) is 16.0 Å². The lowest BCUT2D eigenvalue weighted by Crippen LogP contribution is -2.29. The fraction of sp³-hybridized carbons (Fsp3) is 0.208. The lowest BCUT2D eigenvalue weighted by atomic mass is 9.99. The molecule has 1 aliphatic carbocycles. The summed E-state index contributed by atoms with van der Waals surface area (Å²) < 4.78 is 0. The van der Waals surface area contributed by atoms with Crippen molar-refractivity contribution in [3.8, 4) is 11.1 Å². The summed E-state index contributed by atoms with van der Waals surface area (Å²) >= 11 is 0. The third-order valence-electron chi connectivity index (χ3n) is 5.73. The summed E-state index contributed by atoms with van der Waals surface area (Å²) in [7, 11) is 0. The zero-order chi connectivity index (χ0) is 18.2. The molecule has 5 heteroatoms. The van der Waals surface area contributed by atoms with Gasteiger partial charge in [0.1, 0.15) is 0 Å². The highest BCUT2D eigenvalue weighted by Gasteiger charge is 2.20. The molecule has 2 N–H and O–H groups in total. The molecule has 0 unspecified atom stereocenters. The first-order chi connectivity index (χ1) is 13.3. The molecule has 0 aliphatic heterocycles. The van der Waals surface area contributed by atoms with Gasteiger partial charge in [0.15, 0.2) is 0 Å². The number of halogens is 2. The SMILES string of the molecule is Cc1cc(-c2ccc3[nH]cnc3c2)ccc1CNC1Cc2ccccc2C1.Cl.Cl. The number of fused-ring (bicyclic) bond motifs is 2. The molecule has 150 valence electrons. The molecule has 0 saturated heterocycles. The fourth-order valence-corrected chi connectivity index (χ4v) is 4.14. The van der Waals surface area contributed by atoms with Crippen LogP contribution >= 0.6 is 24.8 Å². The van der Waals surface area contributed by atoms with E-state index in [4.69, 9.17) is 0 Å². The van der Waals surface area contributed by atoms with Crippen molar-refractivity contribution < 1.29 is 0 Å². The Bertz CT molecular complexity index is 1100. The van der Waals surface area contributed by atoms with E-state index < -0.39 is 0 Å². The molecule has 1 heterocycles. The first-order valence-electron chi connectivity index (χ1n) is 9.59. The Morgan fingerprint density at radius 3 is 2.34 bits per heavy atom. The van der Waals surface area contributed by atoms with Gasteiger partial charge in [0.2, 0.25) is 0 Å². The first-order valence-corrected chi connectivity index (χ1v) is 9.59. The summed E-state index contributed by atoms with van der Waals surface area (Å²) in [6.45, 7) is 3.13. The van der Waals surface area contributed by atoms with Gasteiger partial charge in [-0.25, -0.2) is 4.98 Å². The summed E-state index contributed by atoms with van der Waals surface area (Å²) in [5.74, 6) is 0. The van der Waals surface area contributed by atoms with Crippen LogP contribution in [0.2, 0.25) is 0 Å². The minimum absolute atomic E-state index is 0. The van der Waals surface area contributed by atoms with Gasteiger partial charge in [0.25, 0.3) is 0 Å². The van der Waals surface area contributed by atoms with Crippen molar-refractivity contribution >= 4 is 35.8 Å². The molecule has 29 heavy (non-hydrogen) atoms. The van der Waals surface area contributed by atoms with Crippen LogP contribution in [0.1, 0.15) is 22.3 Å². The number of H-pyrrole nitrogens is 1. The van der Waals surface area contributed by atoms with Gasteiger partial charge >= 0.3 is 0 Å². The molecule has 1 aliphatic rings. The second kappa shape index (κ2) is 9.00. The van der Waals surface area contributed by atoms with Crippen LogP contribution < -0.4 is 5.32 Å². The monoisotopic (exact) mass is 425 g/mol. The topological polar surface area (TPSA) is 40.7 Å². The number of benzene rings is 3. The van der Waals surface area contributed by atoms with E-state index in [9.17, 15) is 0 Å². The van der Waals surface area contributed by atoms with E-state index in [2.05, 4.69) is 82.9 Å². The first kappa shape index (κ1) is 21.4. The van der Waals surface area contributed by atoms with Gasteiger partial charge in [0, 0.05) is 12.6 Å². The number of aryl methyl sites for hydroxylation is 1. The van der Waals surface area contributed by atoms with E-state index in [1.54, 1.807) is 6.33 Å². The van der Waals surface area contributed by atoms with E-state index in [0.717, 1.165) is 30.4 Å². The number of nitrogens with zero attached hydrogens (tertiary/aromatic N) is 1. The molecule has 0 spiro atoms. The summed E-state index contributed by atoms with van der Waals surface area (Å²) in [6, 6.07) is 22.5. The Morgan fingerprint density at radius 1 is 0.931 bits per heavy atom. The van der Waals surface area contributed by atoms with Crippen molar-refractivity contribution in [1.82, 2.24) is 15.3 Å². The largest absolute Gasteiger partial charge is 0.345 e. The second-order valence-corrected chi connectivity index (χ2v) is 7.53. The third kappa shape index (κ3) is 4.32. The molecule has 4 aromatic rings. The molecule has 0 bridgehead atoms. The van der Waals surface area contributed by atoms with Crippen molar-refractivity contribution in [2.24, 2.45) is 0 Å². The van der Waals surface area contributed by atoms with Crippen molar-refractivity contribution in [3.05, 3.63) is 89.2 Å². The lowest BCUT2D eigenvalue weighted by molar-refractivity contribution is 0.532. The number of nitrogens with one attached hydrogen (secondary N) is 2. The van der Waals surface area contributed by atoms with Crippen LogP contribution in [0, 0.1) is 6.92 Å². The maximum atomic E-state index is 4.37. The van der Waals surface area contributed by atoms with E-state index in [1.165, 1.54) is 33.4 Å². The summed E-state index contributed by atoms with van der Waals surface area (Å²) in [5, 5.41) is 3.75. The molecular weight excluding hydrogens is 401 g/mol. The number of imidazole rings is 1. The average molecular weight is 426 g/mol. The predicted molar refractivity (Wildman–Crippen MR) is 125 cm³/mol. The molecule has 3 aromatic carbocycles. The Morgan fingerprint density at radius 2 is 1.62 bits per heavy atom. The van der Waals surface area contributed by atoms with Crippen LogP contribution in [0.25, 0.3) is 22.2 Å². The van der Waals surface area contributed by atoms with Gasteiger partial charge in [0.05, 0.1) is 17.4 Å². The standard InChI is InChI=1S/C24H23N3.2ClH/c1-16-10-19(20-8-9-23-24(13-20)27-15-26-23)6-7-21(16)14-25-22-11-17-4-2-3-5-18(17)12-22;;/h2-10,13,15,22,25H,11-12,14H2,1H3,(H,26,27);2*1H. The maximum absolute atomic E-state index is 4.37. The van der Waals surface area contributed by atoms with E-state index in [0.29, 0.717) is 6.04 Å². The maximum Gasteiger partial charge on any atom is 0.0931 e. The highest BCUT2D eigenvalue weighted by molar-refractivity contribution is 5.85. The van der Waals surface area contributed by atoms with Gasteiger partial charge < -0.3 is 10.3 Å². The number of aromatic amines is 1. The summed E-state index contributed by atoms with van der Waals surface area (Å²) in [6.07, 6.45) is 4.02. The van der Waals surface area contributed by atoms with Gasteiger partial charge in [-0.05, 0) is 65.3 Å². The van der Waals surface area contributed by atoms with Crippen LogP contribution in [0.5, 0.6) is 0 Å². The van der Waals surface area contributed by atoms with Crippen LogP contribution in [0.3, 0.4) is 0 Å². The van der Waals surface area contributed by atoms with Crippen LogP contribution in [0.4, 0.5) is 0 Å². The normalized spacial score (nSPS) is 13.0. The predicted octanol–water partition coefficient (Wildman–Crippen LogP) is 5.64. The summed E-state index contributed by atoms with van der Waals surface area (Å²) in [5.41, 5.74) is 10.2. The van der Waals surface area contributed by atoms with Crippen molar-refractivity contribution in [3.63, 3.8) is 0 Å². The van der Waals surface area contributed by atoms with E-state index in [-0.39, 0.29) is 24.8 Å².